The highest BCUT2D eigenvalue weighted by Gasteiger charge is 2.55. The van der Waals surface area contributed by atoms with E-state index in [9.17, 15) is 9.90 Å². The standard InChI is InChI=1S/C23H40O4/c1-4-14-23(15-13-17-9-8-11-19(24)21(17)23)27-22(25)26-20-12-7-6-10-18(20)16(3)5-2/h16-21,24H,4-15H2,1-3H3. The molecule has 0 aromatic carbocycles. The van der Waals surface area contributed by atoms with Crippen molar-refractivity contribution in [1.29, 1.82) is 0 Å². The van der Waals surface area contributed by atoms with Crippen molar-refractivity contribution in [2.24, 2.45) is 23.7 Å². The summed E-state index contributed by atoms with van der Waals surface area (Å²) in [6, 6.07) is 0. The van der Waals surface area contributed by atoms with Gasteiger partial charge in [0.1, 0.15) is 11.7 Å². The minimum Gasteiger partial charge on any atom is -0.431 e. The number of aliphatic hydroxyl groups is 1. The van der Waals surface area contributed by atoms with Gasteiger partial charge in [0, 0.05) is 5.92 Å². The van der Waals surface area contributed by atoms with E-state index in [1.807, 2.05) is 0 Å². The van der Waals surface area contributed by atoms with E-state index in [2.05, 4.69) is 20.8 Å². The smallest absolute Gasteiger partial charge is 0.431 e. The Morgan fingerprint density at radius 2 is 1.89 bits per heavy atom. The number of carbonyl (C=O) groups is 1. The van der Waals surface area contributed by atoms with Gasteiger partial charge in [0.2, 0.25) is 0 Å². The maximum Gasteiger partial charge on any atom is 0.509 e. The topological polar surface area (TPSA) is 55.8 Å². The largest absolute Gasteiger partial charge is 0.509 e. The number of fused-ring (bicyclic) bond motifs is 1. The van der Waals surface area contributed by atoms with Crippen LogP contribution in [0.5, 0.6) is 0 Å². The van der Waals surface area contributed by atoms with Crippen LogP contribution in [-0.2, 0) is 9.47 Å². The summed E-state index contributed by atoms with van der Waals surface area (Å²) in [4.78, 5) is 12.9. The van der Waals surface area contributed by atoms with Gasteiger partial charge in [-0.15, -0.1) is 0 Å². The summed E-state index contributed by atoms with van der Waals surface area (Å²) < 4.78 is 12.1. The van der Waals surface area contributed by atoms with Crippen molar-refractivity contribution in [1.82, 2.24) is 0 Å². The molecule has 7 atom stereocenters. The number of hydrogen-bond acceptors (Lipinski definition) is 4. The van der Waals surface area contributed by atoms with Crippen molar-refractivity contribution in [3.8, 4) is 0 Å². The maximum atomic E-state index is 12.9. The van der Waals surface area contributed by atoms with E-state index in [0.29, 0.717) is 17.8 Å². The van der Waals surface area contributed by atoms with Crippen LogP contribution in [-0.4, -0.2) is 29.1 Å². The van der Waals surface area contributed by atoms with E-state index in [4.69, 9.17) is 9.47 Å². The normalized spacial score (nSPS) is 40.2. The molecule has 0 aromatic rings. The van der Waals surface area contributed by atoms with Crippen molar-refractivity contribution >= 4 is 6.16 Å². The Bertz CT molecular complexity index is 493. The summed E-state index contributed by atoms with van der Waals surface area (Å²) in [5.41, 5.74) is -0.517. The molecule has 3 fully saturated rings. The first kappa shape index (κ1) is 21.0. The van der Waals surface area contributed by atoms with Gasteiger partial charge in [-0.1, -0.05) is 46.5 Å². The third-order valence-corrected chi connectivity index (χ3v) is 7.88. The van der Waals surface area contributed by atoms with Gasteiger partial charge in [-0.2, -0.15) is 0 Å². The van der Waals surface area contributed by atoms with Crippen LogP contribution in [0.1, 0.15) is 97.8 Å². The summed E-state index contributed by atoms with van der Waals surface area (Å²) in [6.07, 6.45) is 11.6. The Kier molecular flexibility index (Phi) is 7.10. The second kappa shape index (κ2) is 9.15. The predicted octanol–water partition coefficient (Wildman–Crippen LogP) is 5.85. The fraction of sp³-hybridized carbons (Fsp3) is 0.957. The van der Waals surface area contributed by atoms with Gasteiger partial charge in [0.25, 0.3) is 0 Å². The van der Waals surface area contributed by atoms with Crippen LogP contribution in [0, 0.1) is 23.7 Å². The van der Waals surface area contributed by atoms with E-state index in [-0.39, 0.29) is 18.1 Å². The van der Waals surface area contributed by atoms with Crippen LogP contribution in [0.4, 0.5) is 4.79 Å². The molecule has 3 saturated carbocycles. The molecule has 156 valence electrons. The Morgan fingerprint density at radius 3 is 2.63 bits per heavy atom. The maximum absolute atomic E-state index is 12.9. The number of ether oxygens (including phenoxy) is 2. The molecule has 0 bridgehead atoms. The Morgan fingerprint density at radius 1 is 1.11 bits per heavy atom. The molecule has 3 aliphatic carbocycles. The van der Waals surface area contributed by atoms with Crippen molar-refractivity contribution < 1.29 is 19.4 Å². The molecule has 0 radical (unpaired) electrons. The SMILES string of the molecule is CCCC1(OC(=O)OC2CCCCC2C(C)CC)CCC2CCCC(O)C21. The van der Waals surface area contributed by atoms with Crippen LogP contribution in [0.25, 0.3) is 0 Å². The summed E-state index contributed by atoms with van der Waals surface area (Å²) in [7, 11) is 0. The zero-order chi connectivity index (χ0) is 19.4. The van der Waals surface area contributed by atoms with Crippen LogP contribution < -0.4 is 0 Å². The molecule has 0 aromatic heterocycles. The first-order valence-corrected chi connectivity index (χ1v) is 11.6. The van der Waals surface area contributed by atoms with Crippen LogP contribution >= 0.6 is 0 Å². The molecule has 7 unspecified atom stereocenters. The summed E-state index contributed by atoms with van der Waals surface area (Å²) >= 11 is 0. The second-order valence-corrected chi connectivity index (χ2v) is 9.48. The van der Waals surface area contributed by atoms with Gasteiger partial charge >= 0.3 is 6.16 Å². The lowest BCUT2D eigenvalue weighted by Gasteiger charge is -2.42. The van der Waals surface area contributed by atoms with Crippen LogP contribution in [0.3, 0.4) is 0 Å². The van der Waals surface area contributed by atoms with Crippen LogP contribution in [0.2, 0.25) is 0 Å². The van der Waals surface area contributed by atoms with E-state index < -0.39 is 11.8 Å². The highest BCUT2D eigenvalue weighted by molar-refractivity contribution is 5.61. The lowest BCUT2D eigenvalue weighted by molar-refractivity contribution is -0.121. The van der Waals surface area contributed by atoms with Crippen molar-refractivity contribution in [2.75, 3.05) is 0 Å². The highest BCUT2D eigenvalue weighted by atomic mass is 16.7. The molecule has 1 N–H and O–H groups in total. The van der Waals surface area contributed by atoms with E-state index in [1.54, 1.807) is 0 Å². The van der Waals surface area contributed by atoms with Gasteiger partial charge in [0.15, 0.2) is 0 Å². The van der Waals surface area contributed by atoms with Gasteiger partial charge in [-0.25, -0.2) is 4.79 Å². The molecule has 0 amide bonds. The second-order valence-electron chi connectivity index (χ2n) is 9.48. The third-order valence-electron chi connectivity index (χ3n) is 7.88. The van der Waals surface area contributed by atoms with E-state index in [1.165, 1.54) is 6.42 Å². The zero-order valence-electron chi connectivity index (χ0n) is 17.6. The first-order valence-electron chi connectivity index (χ1n) is 11.6. The summed E-state index contributed by atoms with van der Waals surface area (Å²) in [5.74, 6) is 1.62. The first-order chi connectivity index (χ1) is 13.0. The lowest BCUT2D eigenvalue weighted by Crippen LogP contribution is -2.48. The van der Waals surface area contributed by atoms with Gasteiger partial charge < -0.3 is 14.6 Å². The molecule has 0 aliphatic heterocycles. The zero-order valence-corrected chi connectivity index (χ0v) is 17.6. The van der Waals surface area contributed by atoms with Crippen molar-refractivity contribution in [2.45, 2.75) is 116 Å². The number of aliphatic hydroxyl groups excluding tert-OH is 1. The van der Waals surface area contributed by atoms with E-state index in [0.717, 1.165) is 70.6 Å². The van der Waals surface area contributed by atoms with Crippen LogP contribution in [0.15, 0.2) is 0 Å². The third kappa shape index (κ3) is 4.46. The quantitative estimate of drug-likeness (QED) is 0.587. The number of rotatable bonds is 6. The Hall–Kier alpha value is -0.770. The fourth-order valence-corrected chi connectivity index (χ4v) is 6.39. The van der Waals surface area contributed by atoms with Gasteiger partial charge in [-0.05, 0) is 69.1 Å². The summed E-state index contributed by atoms with van der Waals surface area (Å²) in [5, 5.41) is 10.7. The minimum absolute atomic E-state index is 0.00615. The average Bonchev–Trinajstić information content (AvgIpc) is 3.01. The molecule has 4 nitrogen and oxygen atoms in total. The molecular weight excluding hydrogens is 340 g/mol. The molecule has 0 saturated heterocycles. The number of carbonyl (C=O) groups excluding carboxylic acids is 1. The molecule has 0 spiro atoms. The lowest BCUT2D eigenvalue weighted by atomic mass is 9.72. The van der Waals surface area contributed by atoms with Crippen molar-refractivity contribution in [3.63, 3.8) is 0 Å². The highest BCUT2D eigenvalue weighted by Crippen LogP contribution is 2.52. The Labute approximate surface area is 165 Å². The monoisotopic (exact) mass is 380 g/mol. The predicted molar refractivity (Wildman–Crippen MR) is 106 cm³/mol. The summed E-state index contributed by atoms with van der Waals surface area (Å²) in [6.45, 7) is 6.63. The van der Waals surface area contributed by atoms with Gasteiger partial charge in [-0.3, -0.25) is 0 Å². The minimum atomic E-state index is -0.517. The fourth-order valence-electron chi connectivity index (χ4n) is 6.39. The van der Waals surface area contributed by atoms with Gasteiger partial charge in [0.05, 0.1) is 6.10 Å². The Balaban J connectivity index is 1.68. The molecule has 27 heavy (non-hydrogen) atoms. The molecule has 0 heterocycles. The molecule has 3 aliphatic rings. The molecule has 4 heteroatoms. The number of hydrogen-bond donors (Lipinski definition) is 1. The van der Waals surface area contributed by atoms with E-state index >= 15 is 0 Å². The molecular formula is C23H40O4. The van der Waals surface area contributed by atoms with Crippen molar-refractivity contribution in [3.05, 3.63) is 0 Å². The average molecular weight is 381 g/mol. The molecule has 3 rings (SSSR count).